The minimum Gasteiger partial charge on any atom is -0.355 e. The fourth-order valence-corrected chi connectivity index (χ4v) is 4.21. The molecule has 3 rings (SSSR count). The Labute approximate surface area is 153 Å². The maximum atomic E-state index is 12.8. The first-order valence-corrected chi connectivity index (χ1v) is 9.51. The molecule has 0 spiro atoms. The Bertz CT molecular complexity index is 925. The van der Waals surface area contributed by atoms with Gasteiger partial charge in [0.25, 0.3) is 0 Å². The number of ketones is 2. The summed E-state index contributed by atoms with van der Waals surface area (Å²) in [6.07, 6.45) is 0. The second kappa shape index (κ2) is 6.97. The van der Waals surface area contributed by atoms with Crippen molar-refractivity contribution in [3.05, 3.63) is 40.0 Å². The Kier molecular flexibility index (Phi) is 4.91. The summed E-state index contributed by atoms with van der Waals surface area (Å²) in [6, 6.07) is 3.91. The molecule has 130 valence electrons. The van der Waals surface area contributed by atoms with Crippen molar-refractivity contribution in [1.82, 2.24) is 20.2 Å². The second-order valence-electron chi connectivity index (χ2n) is 5.75. The van der Waals surface area contributed by atoms with E-state index in [4.69, 9.17) is 0 Å². The summed E-state index contributed by atoms with van der Waals surface area (Å²) in [5, 5.41) is 9.20. The van der Waals surface area contributed by atoms with Crippen molar-refractivity contribution in [2.75, 3.05) is 0 Å². The van der Waals surface area contributed by atoms with Gasteiger partial charge in [-0.1, -0.05) is 17.8 Å². The van der Waals surface area contributed by atoms with Crippen LogP contribution in [0.25, 0.3) is 10.7 Å². The van der Waals surface area contributed by atoms with Crippen LogP contribution in [-0.2, 0) is 0 Å². The number of nitrogens with one attached hydrogen (secondary N) is 2. The van der Waals surface area contributed by atoms with Crippen molar-refractivity contribution in [2.45, 2.75) is 38.1 Å². The molecule has 3 heterocycles. The Morgan fingerprint density at radius 2 is 2.08 bits per heavy atom. The maximum Gasteiger partial charge on any atom is 0.209 e. The first-order valence-electron chi connectivity index (χ1n) is 7.75. The minimum atomic E-state index is -0.372. The molecule has 1 atom stereocenters. The summed E-state index contributed by atoms with van der Waals surface area (Å²) in [5.74, 6) is 0.587. The predicted molar refractivity (Wildman–Crippen MR) is 99.6 cm³/mol. The summed E-state index contributed by atoms with van der Waals surface area (Å²) in [5.41, 5.74) is 2.51. The number of Topliss-reactive ketones (excluding diaryl/α,β-unsaturated/α-hetero) is 2. The van der Waals surface area contributed by atoms with E-state index >= 15 is 0 Å². The Morgan fingerprint density at radius 3 is 2.68 bits per heavy atom. The zero-order valence-corrected chi connectivity index (χ0v) is 16.0. The van der Waals surface area contributed by atoms with Crippen LogP contribution >= 0.6 is 23.1 Å². The van der Waals surface area contributed by atoms with Gasteiger partial charge < -0.3 is 4.98 Å². The van der Waals surface area contributed by atoms with Gasteiger partial charge in [-0.25, -0.2) is 4.98 Å². The first kappa shape index (κ1) is 17.6. The molecule has 0 fully saturated rings. The summed E-state index contributed by atoms with van der Waals surface area (Å²) in [6.45, 7) is 6.93. The van der Waals surface area contributed by atoms with Gasteiger partial charge in [0.15, 0.2) is 17.4 Å². The van der Waals surface area contributed by atoms with Gasteiger partial charge in [-0.05, 0) is 44.7 Å². The van der Waals surface area contributed by atoms with E-state index in [0.717, 1.165) is 10.6 Å². The van der Waals surface area contributed by atoms with Crippen LogP contribution in [0, 0.1) is 13.8 Å². The summed E-state index contributed by atoms with van der Waals surface area (Å²) in [7, 11) is 0. The molecule has 0 saturated carbocycles. The molecule has 25 heavy (non-hydrogen) atoms. The molecule has 0 aliphatic rings. The van der Waals surface area contributed by atoms with Crippen molar-refractivity contribution in [2.24, 2.45) is 0 Å². The molecule has 2 N–H and O–H groups in total. The van der Waals surface area contributed by atoms with Gasteiger partial charge in [-0.15, -0.1) is 16.4 Å². The van der Waals surface area contributed by atoms with Gasteiger partial charge in [0.05, 0.1) is 15.8 Å². The number of aromatic amines is 2. The highest BCUT2D eigenvalue weighted by molar-refractivity contribution is 8.00. The molecule has 0 aromatic carbocycles. The summed E-state index contributed by atoms with van der Waals surface area (Å²) >= 11 is 2.87. The Morgan fingerprint density at radius 1 is 1.32 bits per heavy atom. The number of rotatable bonds is 6. The van der Waals surface area contributed by atoms with E-state index in [9.17, 15) is 9.59 Å². The molecule has 3 aromatic heterocycles. The highest BCUT2D eigenvalue weighted by atomic mass is 32.2. The number of aryl methyl sites for hydroxylation is 1. The van der Waals surface area contributed by atoms with Gasteiger partial charge in [-0.2, -0.15) is 0 Å². The van der Waals surface area contributed by atoms with Gasteiger partial charge in [-0.3, -0.25) is 14.7 Å². The highest BCUT2D eigenvalue weighted by Crippen LogP contribution is 2.28. The number of carbonyl (C=O) groups is 2. The number of carbonyl (C=O) groups excluding carboxylic acids is 2. The van der Waals surface area contributed by atoms with Crippen molar-refractivity contribution >= 4 is 34.7 Å². The van der Waals surface area contributed by atoms with Crippen molar-refractivity contribution in [3.63, 3.8) is 0 Å². The second-order valence-corrected chi connectivity index (χ2v) is 8.01. The third-order valence-electron chi connectivity index (χ3n) is 3.91. The van der Waals surface area contributed by atoms with Crippen LogP contribution < -0.4 is 0 Å². The monoisotopic (exact) mass is 374 g/mol. The van der Waals surface area contributed by atoms with E-state index in [-0.39, 0.29) is 16.8 Å². The molecular weight excluding hydrogens is 356 g/mol. The van der Waals surface area contributed by atoms with Crippen molar-refractivity contribution in [3.8, 4) is 10.7 Å². The molecule has 0 amide bonds. The van der Waals surface area contributed by atoms with E-state index in [1.54, 1.807) is 25.2 Å². The van der Waals surface area contributed by atoms with Crippen molar-refractivity contribution < 1.29 is 9.59 Å². The standard InChI is InChI=1S/C17H18N4O2S2/c1-8-13(10(3)22)9(2)18-14(8)15(23)11(4)25-17-19-16(20-21-17)12-6-5-7-24-12/h5-7,11,18H,1-4H3,(H,19,20,21)/t11-/m0/s1. The van der Waals surface area contributed by atoms with Crippen LogP contribution in [0.5, 0.6) is 0 Å². The lowest BCUT2D eigenvalue weighted by Crippen LogP contribution is -2.15. The smallest absolute Gasteiger partial charge is 0.209 e. The highest BCUT2D eigenvalue weighted by Gasteiger charge is 2.25. The quantitative estimate of drug-likeness (QED) is 0.502. The molecule has 0 unspecified atom stereocenters. The fourth-order valence-electron chi connectivity index (χ4n) is 2.76. The number of hydrogen-bond donors (Lipinski definition) is 2. The summed E-state index contributed by atoms with van der Waals surface area (Å²) < 4.78 is 0. The minimum absolute atomic E-state index is 0.0415. The number of thioether (sulfide) groups is 1. The third-order valence-corrected chi connectivity index (χ3v) is 5.74. The number of H-pyrrole nitrogens is 2. The first-order chi connectivity index (χ1) is 11.9. The van der Waals surface area contributed by atoms with Gasteiger partial charge in [0.2, 0.25) is 5.16 Å². The molecule has 0 saturated heterocycles. The number of nitrogens with zero attached hydrogens (tertiary/aromatic N) is 2. The van der Waals surface area contributed by atoms with Crippen molar-refractivity contribution in [1.29, 1.82) is 0 Å². The SMILES string of the molecule is CC(=O)c1c(C)[nH]c(C(=O)[C@H](C)Sc2n[nH]c(-c3cccs3)n2)c1C. The van der Waals surface area contributed by atoms with Crippen LogP contribution in [0.2, 0.25) is 0 Å². The van der Waals surface area contributed by atoms with E-state index in [0.29, 0.717) is 27.8 Å². The zero-order valence-electron chi connectivity index (χ0n) is 14.3. The average molecular weight is 374 g/mol. The molecule has 0 aliphatic heterocycles. The molecule has 8 heteroatoms. The van der Waals surface area contributed by atoms with Crippen LogP contribution in [0.15, 0.2) is 22.7 Å². The average Bonchev–Trinajstić information content (AvgIpc) is 3.26. The van der Waals surface area contributed by atoms with Gasteiger partial charge in [0, 0.05) is 11.3 Å². The van der Waals surface area contributed by atoms with Crippen LogP contribution in [0.4, 0.5) is 0 Å². The Balaban J connectivity index is 1.78. The number of thiophene rings is 1. The van der Waals surface area contributed by atoms with E-state index < -0.39 is 0 Å². The lowest BCUT2D eigenvalue weighted by atomic mass is 10.0. The molecule has 6 nitrogen and oxygen atoms in total. The zero-order chi connectivity index (χ0) is 18.1. The lowest BCUT2D eigenvalue weighted by molar-refractivity contribution is 0.0988. The van der Waals surface area contributed by atoms with Gasteiger partial charge >= 0.3 is 0 Å². The van der Waals surface area contributed by atoms with Crippen LogP contribution in [0.3, 0.4) is 0 Å². The molecule has 0 bridgehead atoms. The third kappa shape index (κ3) is 3.45. The molecule has 0 aliphatic carbocycles. The Hall–Kier alpha value is -2.19. The molecular formula is C17H18N4O2S2. The van der Waals surface area contributed by atoms with Crippen LogP contribution in [0.1, 0.15) is 46.0 Å². The molecule has 3 aromatic rings. The number of aromatic nitrogens is 4. The van der Waals surface area contributed by atoms with E-state index in [1.165, 1.54) is 18.7 Å². The van der Waals surface area contributed by atoms with E-state index in [1.807, 2.05) is 24.4 Å². The van der Waals surface area contributed by atoms with Gasteiger partial charge in [0.1, 0.15) is 0 Å². The van der Waals surface area contributed by atoms with E-state index in [2.05, 4.69) is 20.2 Å². The topological polar surface area (TPSA) is 91.5 Å². The van der Waals surface area contributed by atoms with Crippen LogP contribution in [-0.4, -0.2) is 37.0 Å². The maximum absolute atomic E-state index is 12.8. The number of hydrogen-bond acceptors (Lipinski definition) is 6. The largest absolute Gasteiger partial charge is 0.355 e. The summed E-state index contributed by atoms with van der Waals surface area (Å²) in [4.78, 5) is 33.0. The lowest BCUT2D eigenvalue weighted by Gasteiger charge is -2.07. The predicted octanol–water partition coefficient (Wildman–Crippen LogP) is 4.04. The molecule has 0 radical (unpaired) electrons. The normalized spacial score (nSPS) is 12.3. The fraction of sp³-hybridized carbons (Fsp3) is 0.294.